The third-order valence-electron chi connectivity index (χ3n) is 2.26. The highest BCUT2D eigenvalue weighted by Gasteiger charge is 2.12. The minimum Gasteiger partial charge on any atom is -0.395 e. The van der Waals surface area contributed by atoms with E-state index >= 15 is 0 Å². The normalized spacial score (nSPS) is 13.9. The molecule has 0 rings (SSSR count). The van der Waals surface area contributed by atoms with Crippen LogP contribution < -0.4 is 5.32 Å². The average molecular weight is 202 g/mol. The molecule has 0 aromatic carbocycles. The van der Waals surface area contributed by atoms with Gasteiger partial charge in [0.2, 0.25) is 0 Å². The van der Waals surface area contributed by atoms with Crippen LogP contribution in [0.3, 0.4) is 0 Å². The molecule has 3 nitrogen and oxygen atoms in total. The van der Waals surface area contributed by atoms with Crippen LogP contribution in [0.4, 0.5) is 0 Å². The molecule has 0 aromatic rings. The van der Waals surface area contributed by atoms with E-state index in [2.05, 4.69) is 37.9 Å². The molecule has 0 aliphatic heterocycles. The van der Waals surface area contributed by atoms with Crippen molar-refractivity contribution in [2.45, 2.75) is 46.2 Å². The zero-order valence-electron chi connectivity index (χ0n) is 10.1. The molecule has 0 saturated heterocycles. The van der Waals surface area contributed by atoms with Crippen molar-refractivity contribution in [3.63, 3.8) is 0 Å². The lowest BCUT2D eigenvalue weighted by molar-refractivity contribution is 0.179. The fourth-order valence-electron chi connectivity index (χ4n) is 1.64. The van der Waals surface area contributed by atoms with Gasteiger partial charge in [0.15, 0.2) is 0 Å². The van der Waals surface area contributed by atoms with Crippen LogP contribution in [-0.2, 0) is 0 Å². The lowest BCUT2D eigenvalue weighted by Gasteiger charge is -2.27. The highest BCUT2D eigenvalue weighted by atomic mass is 16.3. The number of rotatable bonds is 8. The summed E-state index contributed by atoms with van der Waals surface area (Å²) in [6.07, 6.45) is 1.17. The monoisotopic (exact) mass is 202 g/mol. The molecule has 2 N–H and O–H groups in total. The molecule has 0 heterocycles. The fourth-order valence-corrected chi connectivity index (χ4v) is 1.64. The number of aliphatic hydroxyl groups excluding tert-OH is 1. The number of hydrogen-bond acceptors (Lipinski definition) is 3. The van der Waals surface area contributed by atoms with Crippen LogP contribution in [0.1, 0.15) is 34.1 Å². The maximum Gasteiger partial charge on any atom is 0.0597 e. The summed E-state index contributed by atoms with van der Waals surface area (Å²) in [5.74, 6) is 0. The summed E-state index contributed by atoms with van der Waals surface area (Å²) in [6.45, 7) is 11.9. The quantitative estimate of drug-likeness (QED) is 0.618. The van der Waals surface area contributed by atoms with Crippen LogP contribution in [0.25, 0.3) is 0 Å². The molecule has 0 amide bonds. The van der Waals surface area contributed by atoms with Gasteiger partial charge >= 0.3 is 0 Å². The SMILES string of the molecule is CCCN(CC)CC(CO)NC(C)C. The Labute approximate surface area is 88.5 Å². The molecular weight excluding hydrogens is 176 g/mol. The minimum atomic E-state index is 0.210. The predicted molar refractivity (Wildman–Crippen MR) is 61.6 cm³/mol. The summed E-state index contributed by atoms with van der Waals surface area (Å²) in [6, 6.07) is 0.647. The second-order valence-electron chi connectivity index (χ2n) is 4.09. The van der Waals surface area contributed by atoms with Crippen molar-refractivity contribution in [1.82, 2.24) is 10.2 Å². The first-order valence-corrected chi connectivity index (χ1v) is 5.73. The second-order valence-corrected chi connectivity index (χ2v) is 4.09. The van der Waals surface area contributed by atoms with Crippen molar-refractivity contribution in [3.8, 4) is 0 Å². The molecule has 0 spiro atoms. The lowest BCUT2D eigenvalue weighted by Crippen LogP contribution is -2.46. The number of nitrogens with zero attached hydrogens (tertiary/aromatic N) is 1. The summed E-state index contributed by atoms with van der Waals surface area (Å²) in [4.78, 5) is 2.37. The van der Waals surface area contributed by atoms with Crippen LogP contribution in [0.5, 0.6) is 0 Å². The van der Waals surface area contributed by atoms with Gasteiger partial charge in [-0.15, -0.1) is 0 Å². The maximum atomic E-state index is 9.20. The van der Waals surface area contributed by atoms with Gasteiger partial charge in [0, 0.05) is 18.6 Å². The Morgan fingerprint density at radius 3 is 2.29 bits per heavy atom. The average Bonchev–Trinajstić information content (AvgIpc) is 2.15. The van der Waals surface area contributed by atoms with Gasteiger partial charge < -0.3 is 15.3 Å². The van der Waals surface area contributed by atoms with Crippen LogP contribution >= 0.6 is 0 Å². The van der Waals surface area contributed by atoms with Gasteiger partial charge in [-0.05, 0) is 19.5 Å². The van der Waals surface area contributed by atoms with Gasteiger partial charge in [0.1, 0.15) is 0 Å². The molecule has 0 aliphatic carbocycles. The first kappa shape index (κ1) is 13.9. The van der Waals surface area contributed by atoms with Gasteiger partial charge in [-0.25, -0.2) is 0 Å². The van der Waals surface area contributed by atoms with Gasteiger partial charge in [-0.2, -0.15) is 0 Å². The van der Waals surface area contributed by atoms with Crippen LogP contribution in [0.15, 0.2) is 0 Å². The molecular formula is C11H26N2O. The Morgan fingerprint density at radius 2 is 1.93 bits per heavy atom. The van der Waals surface area contributed by atoms with E-state index in [-0.39, 0.29) is 12.6 Å². The number of likely N-dealkylation sites (N-methyl/N-ethyl adjacent to an activating group) is 1. The minimum absolute atomic E-state index is 0.210. The van der Waals surface area contributed by atoms with Crippen LogP contribution in [0, 0.1) is 0 Å². The molecule has 0 aliphatic rings. The smallest absolute Gasteiger partial charge is 0.0597 e. The molecule has 0 radical (unpaired) electrons. The molecule has 0 fully saturated rings. The number of nitrogens with one attached hydrogen (secondary N) is 1. The largest absolute Gasteiger partial charge is 0.395 e. The molecule has 86 valence electrons. The third kappa shape index (κ3) is 6.35. The third-order valence-corrected chi connectivity index (χ3v) is 2.26. The van der Waals surface area contributed by atoms with Crippen LogP contribution in [-0.4, -0.2) is 48.3 Å². The first-order valence-electron chi connectivity index (χ1n) is 5.73. The lowest BCUT2D eigenvalue weighted by atomic mass is 10.2. The highest BCUT2D eigenvalue weighted by molar-refractivity contribution is 4.72. The summed E-state index contributed by atoms with van der Waals surface area (Å²) in [5, 5.41) is 12.6. The number of aliphatic hydroxyl groups is 1. The number of hydrogen-bond donors (Lipinski definition) is 2. The van der Waals surface area contributed by atoms with E-state index in [0.717, 1.165) is 19.6 Å². The Hall–Kier alpha value is -0.120. The Morgan fingerprint density at radius 1 is 1.29 bits per heavy atom. The fraction of sp³-hybridized carbons (Fsp3) is 1.00. The van der Waals surface area contributed by atoms with Gasteiger partial charge in [-0.3, -0.25) is 0 Å². The zero-order valence-corrected chi connectivity index (χ0v) is 10.1. The zero-order chi connectivity index (χ0) is 11.0. The van der Waals surface area contributed by atoms with E-state index in [4.69, 9.17) is 0 Å². The molecule has 14 heavy (non-hydrogen) atoms. The Bertz CT molecular complexity index is 128. The second kappa shape index (κ2) is 8.21. The molecule has 3 heteroatoms. The van der Waals surface area contributed by atoms with Gasteiger partial charge in [0.25, 0.3) is 0 Å². The van der Waals surface area contributed by atoms with Crippen molar-refractivity contribution in [2.75, 3.05) is 26.2 Å². The summed E-state index contributed by atoms with van der Waals surface area (Å²) < 4.78 is 0. The van der Waals surface area contributed by atoms with Gasteiger partial charge in [-0.1, -0.05) is 27.7 Å². The van der Waals surface area contributed by atoms with Crippen molar-refractivity contribution >= 4 is 0 Å². The van der Waals surface area contributed by atoms with E-state index in [1.165, 1.54) is 6.42 Å². The van der Waals surface area contributed by atoms with E-state index in [1.807, 2.05) is 0 Å². The Kier molecular flexibility index (Phi) is 8.14. The summed E-state index contributed by atoms with van der Waals surface area (Å²) in [5.41, 5.74) is 0. The van der Waals surface area contributed by atoms with Crippen molar-refractivity contribution in [3.05, 3.63) is 0 Å². The molecule has 0 aromatic heterocycles. The Balaban J connectivity index is 3.87. The molecule has 0 saturated carbocycles. The summed E-state index contributed by atoms with van der Waals surface area (Å²) in [7, 11) is 0. The molecule has 1 atom stereocenters. The van der Waals surface area contributed by atoms with E-state index < -0.39 is 0 Å². The molecule has 1 unspecified atom stereocenters. The van der Waals surface area contributed by atoms with Crippen LogP contribution in [0.2, 0.25) is 0 Å². The summed E-state index contributed by atoms with van der Waals surface area (Å²) >= 11 is 0. The van der Waals surface area contributed by atoms with Gasteiger partial charge in [0.05, 0.1) is 6.61 Å². The maximum absolute atomic E-state index is 9.20. The van der Waals surface area contributed by atoms with E-state index in [9.17, 15) is 5.11 Å². The van der Waals surface area contributed by atoms with E-state index in [1.54, 1.807) is 0 Å². The molecule has 0 bridgehead atoms. The first-order chi connectivity index (χ1) is 6.63. The van der Waals surface area contributed by atoms with E-state index in [0.29, 0.717) is 6.04 Å². The highest BCUT2D eigenvalue weighted by Crippen LogP contribution is 1.95. The standard InChI is InChI=1S/C11H26N2O/c1-5-7-13(6-2)8-11(9-14)12-10(3)4/h10-12,14H,5-9H2,1-4H3. The topological polar surface area (TPSA) is 35.5 Å². The van der Waals surface area contributed by atoms with Crippen molar-refractivity contribution in [2.24, 2.45) is 0 Å². The van der Waals surface area contributed by atoms with Crippen molar-refractivity contribution < 1.29 is 5.11 Å². The van der Waals surface area contributed by atoms with Crippen molar-refractivity contribution in [1.29, 1.82) is 0 Å². The predicted octanol–water partition coefficient (Wildman–Crippen LogP) is 1.08.